The molecule has 3 aromatic heterocycles. The Morgan fingerprint density at radius 2 is 2.00 bits per heavy atom. The number of nitrogens with one attached hydrogen (secondary N) is 1. The summed E-state index contributed by atoms with van der Waals surface area (Å²) in [5, 5.41) is 6.20. The third-order valence-electron chi connectivity index (χ3n) is 4.00. The van der Waals surface area contributed by atoms with Crippen LogP contribution in [0.15, 0.2) is 71.1 Å². The van der Waals surface area contributed by atoms with Crippen LogP contribution in [0.1, 0.15) is 15.2 Å². The summed E-state index contributed by atoms with van der Waals surface area (Å²) in [4.78, 5) is 30.6. The number of carbonyl (C=O) groups is 1. The number of anilines is 1. The molecule has 3 heterocycles. The van der Waals surface area contributed by atoms with Gasteiger partial charge in [-0.05, 0) is 29.1 Å². The predicted octanol–water partition coefficient (Wildman–Crippen LogP) is 4.99. The molecule has 0 spiro atoms. The quantitative estimate of drug-likeness (QED) is 0.488. The van der Waals surface area contributed by atoms with Gasteiger partial charge in [0, 0.05) is 17.3 Å². The molecule has 140 valence electrons. The summed E-state index contributed by atoms with van der Waals surface area (Å²) in [5.74, 6) is -0.261. The van der Waals surface area contributed by atoms with Gasteiger partial charge in [0.15, 0.2) is 0 Å². The molecule has 1 N–H and O–H groups in total. The first-order chi connectivity index (χ1) is 13.6. The molecule has 4 rings (SSSR count). The van der Waals surface area contributed by atoms with Gasteiger partial charge in [0.25, 0.3) is 11.5 Å². The fourth-order valence-corrected chi connectivity index (χ4v) is 4.44. The van der Waals surface area contributed by atoms with E-state index in [1.807, 2.05) is 35.7 Å². The van der Waals surface area contributed by atoms with Gasteiger partial charge in [-0.3, -0.25) is 9.59 Å². The van der Waals surface area contributed by atoms with Crippen LogP contribution in [0.3, 0.4) is 0 Å². The number of halogens is 1. The summed E-state index contributed by atoms with van der Waals surface area (Å²) in [7, 11) is 0. The van der Waals surface area contributed by atoms with Crippen molar-refractivity contribution in [2.45, 2.75) is 6.54 Å². The maximum atomic E-state index is 12.6. The van der Waals surface area contributed by atoms with Crippen LogP contribution in [0.4, 0.5) is 5.69 Å². The van der Waals surface area contributed by atoms with E-state index in [1.165, 1.54) is 22.0 Å². The number of benzene rings is 1. The summed E-state index contributed by atoms with van der Waals surface area (Å²) in [6, 6.07) is 14.3. The number of thiophene rings is 1. The Balaban J connectivity index is 1.53. The molecule has 5 nitrogen and oxygen atoms in total. The Morgan fingerprint density at radius 3 is 2.79 bits per heavy atom. The summed E-state index contributed by atoms with van der Waals surface area (Å²) < 4.78 is 1.51. The van der Waals surface area contributed by atoms with E-state index in [0.29, 0.717) is 22.1 Å². The molecule has 4 aromatic rings. The van der Waals surface area contributed by atoms with Gasteiger partial charge in [-0.2, -0.15) is 0 Å². The first kappa shape index (κ1) is 18.6. The van der Waals surface area contributed by atoms with Crippen LogP contribution < -0.4 is 10.9 Å². The number of nitrogens with zero attached hydrogens (tertiary/aromatic N) is 2. The topological polar surface area (TPSA) is 64.0 Å². The number of aromatic nitrogens is 2. The third-order valence-corrected chi connectivity index (χ3v) is 6.41. The molecule has 1 aromatic carbocycles. The lowest BCUT2D eigenvalue weighted by Crippen LogP contribution is -2.21. The fraction of sp³-hybridized carbons (Fsp3) is 0.0500. The molecule has 0 saturated carbocycles. The van der Waals surface area contributed by atoms with E-state index >= 15 is 0 Å². The summed E-state index contributed by atoms with van der Waals surface area (Å²) in [5.41, 5.74) is 1.19. The molecule has 0 atom stereocenters. The Hall–Kier alpha value is -2.74. The molecule has 0 aliphatic rings. The van der Waals surface area contributed by atoms with Crippen molar-refractivity contribution in [3.63, 3.8) is 0 Å². The average molecular weight is 428 g/mol. The number of rotatable bonds is 5. The van der Waals surface area contributed by atoms with Crippen LogP contribution in [0.2, 0.25) is 5.02 Å². The predicted molar refractivity (Wildman–Crippen MR) is 115 cm³/mol. The van der Waals surface area contributed by atoms with Crippen molar-refractivity contribution >= 4 is 45.9 Å². The lowest BCUT2D eigenvalue weighted by Gasteiger charge is -2.10. The van der Waals surface area contributed by atoms with Gasteiger partial charge in [0.1, 0.15) is 9.88 Å². The van der Waals surface area contributed by atoms with E-state index in [1.54, 1.807) is 35.9 Å². The summed E-state index contributed by atoms with van der Waals surface area (Å²) in [6.07, 6.45) is 3.18. The number of pyridine rings is 1. The van der Waals surface area contributed by atoms with E-state index < -0.39 is 0 Å². The minimum atomic E-state index is -0.261. The Labute approximate surface area is 173 Å². The highest BCUT2D eigenvalue weighted by Crippen LogP contribution is 2.29. The zero-order valence-electron chi connectivity index (χ0n) is 14.5. The molecule has 0 fully saturated rings. The molecule has 0 saturated heterocycles. The van der Waals surface area contributed by atoms with Gasteiger partial charge in [0.2, 0.25) is 0 Å². The van der Waals surface area contributed by atoms with E-state index in [2.05, 4.69) is 10.3 Å². The van der Waals surface area contributed by atoms with Crippen molar-refractivity contribution in [2.75, 3.05) is 5.32 Å². The average Bonchev–Trinajstić information content (AvgIpc) is 3.37. The Morgan fingerprint density at radius 1 is 1.14 bits per heavy atom. The first-order valence-corrected chi connectivity index (χ1v) is 10.4. The lowest BCUT2D eigenvalue weighted by molar-refractivity contribution is 0.103. The highest BCUT2D eigenvalue weighted by atomic mass is 35.5. The minimum absolute atomic E-state index is 0.171. The normalized spacial score (nSPS) is 10.8. The van der Waals surface area contributed by atoms with Gasteiger partial charge >= 0.3 is 0 Å². The van der Waals surface area contributed by atoms with Crippen molar-refractivity contribution in [2.24, 2.45) is 0 Å². The number of carbonyl (C=O) groups excluding carboxylic acids is 1. The smallest absolute Gasteiger partial charge is 0.267 e. The van der Waals surface area contributed by atoms with Crippen LogP contribution in [-0.4, -0.2) is 15.5 Å². The summed E-state index contributed by atoms with van der Waals surface area (Å²) in [6.45, 7) is 0.325. The van der Waals surface area contributed by atoms with Crippen LogP contribution in [0.5, 0.6) is 0 Å². The Kier molecular flexibility index (Phi) is 5.38. The second-order valence-electron chi connectivity index (χ2n) is 5.94. The van der Waals surface area contributed by atoms with Crippen molar-refractivity contribution < 1.29 is 4.79 Å². The Bertz CT molecular complexity index is 1180. The molecule has 8 heteroatoms. The second kappa shape index (κ2) is 8.10. The number of thiazole rings is 1. The number of hydrogen-bond donors (Lipinski definition) is 1. The molecule has 0 unspecified atom stereocenters. The molecule has 28 heavy (non-hydrogen) atoms. The molecule has 0 aliphatic carbocycles. The van der Waals surface area contributed by atoms with Gasteiger partial charge in [-0.1, -0.05) is 35.9 Å². The lowest BCUT2D eigenvalue weighted by atomic mass is 10.2. The van der Waals surface area contributed by atoms with Gasteiger partial charge in [-0.25, -0.2) is 4.98 Å². The van der Waals surface area contributed by atoms with Crippen LogP contribution in [0, 0.1) is 0 Å². The van der Waals surface area contributed by atoms with Crippen molar-refractivity contribution in [3.05, 3.63) is 92.1 Å². The van der Waals surface area contributed by atoms with Crippen molar-refractivity contribution in [3.8, 4) is 9.88 Å². The zero-order valence-corrected chi connectivity index (χ0v) is 16.9. The second-order valence-corrected chi connectivity index (χ2v) is 8.32. The third kappa shape index (κ3) is 4.06. The monoisotopic (exact) mass is 427 g/mol. The van der Waals surface area contributed by atoms with Crippen LogP contribution >= 0.6 is 34.3 Å². The number of hydrogen-bond acceptors (Lipinski definition) is 5. The van der Waals surface area contributed by atoms with Gasteiger partial charge in [-0.15, -0.1) is 22.7 Å². The van der Waals surface area contributed by atoms with Crippen molar-refractivity contribution in [1.82, 2.24) is 9.55 Å². The standard InChI is InChI=1S/C20H14ClN3O2S2/c21-15-5-2-1-4-13(15)11-24-12-14(7-8-18(24)25)23-19(26)17-10-22-20(28-17)16-6-3-9-27-16/h1-10,12H,11H2,(H,23,26). The molecule has 1 amide bonds. The van der Waals surface area contributed by atoms with Gasteiger partial charge in [0.05, 0.1) is 23.3 Å². The van der Waals surface area contributed by atoms with E-state index in [0.717, 1.165) is 15.4 Å². The maximum absolute atomic E-state index is 12.6. The molecule has 0 radical (unpaired) electrons. The molecular formula is C20H14ClN3O2S2. The van der Waals surface area contributed by atoms with E-state index in [4.69, 9.17) is 11.6 Å². The van der Waals surface area contributed by atoms with E-state index in [9.17, 15) is 9.59 Å². The SMILES string of the molecule is O=C(Nc1ccc(=O)n(Cc2ccccc2Cl)c1)c1cnc(-c2cccs2)s1. The molecule has 0 bridgehead atoms. The summed E-state index contributed by atoms with van der Waals surface area (Å²) >= 11 is 9.09. The highest BCUT2D eigenvalue weighted by molar-refractivity contribution is 7.22. The highest BCUT2D eigenvalue weighted by Gasteiger charge is 2.13. The van der Waals surface area contributed by atoms with Gasteiger partial charge < -0.3 is 9.88 Å². The molecule has 0 aliphatic heterocycles. The minimum Gasteiger partial charge on any atom is -0.320 e. The molecular weight excluding hydrogens is 414 g/mol. The number of amides is 1. The van der Waals surface area contributed by atoms with Crippen molar-refractivity contribution in [1.29, 1.82) is 0 Å². The fourth-order valence-electron chi connectivity index (χ4n) is 2.62. The largest absolute Gasteiger partial charge is 0.320 e. The van der Waals surface area contributed by atoms with Crippen LogP contribution in [0.25, 0.3) is 9.88 Å². The van der Waals surface area contributed by atoms with Crippen LogP contribution in [-0.2, 0) is 6.54 Å². The first-order valence-electron chi connectivity index (χ1n) is 8.35. The van der Waals surface area contributed by atoms with E-state index in [-0.39, 0.29) is 11.5 Å². The zero-order chi connectivity index (χ0) is 19.5. The maximum Gasteiger partial charge on any atom is 0.267 e.